The Labute approximate surface area is 563 Å². The van der Waals surface area contributed by atoms with Crippen LogP contribution in [0.15, 0.2) is 0 Å². The van der Waals surface area contributed by atoms with Crippen molar-refractivity contribution in [2.24, 2.45) is 11.3 Å². The Hall–Kier alpha value is 16.0. The third-order valence-electron chi connectivity index (χ3n) is 6.87. The normalized spacial score (nSPS) is 10.0. The maximum Gasteiger partial charge on any atom is 0.177 e. The van der Waals surface area contributed by atoms with Crippen LogP contribution in [0, 0.1) is 0 Å². The molecular formula is H9B24I20N3. The molecule has 0 aromatic rings. The van der Waals surface area contributed by atoms with Crippen molar-refractivity contribution >= 4 is 564 Å². The Balaban J connectivity index is 5.07. The van der Waals surface area contributed by atoms with E-state index in [2.05, 4.69) is 453 Å². The predicted molar refractivity (Wildman–Crippen MR) is 436 cm³/mol. The van der Waals surface area contributed by atoms with Gasteiger partial charge in [-0.3, -0.25) is 0 Å². The first-order chi connectivity index (χ1) is 21.6. The van der Waals surface area contributed by atoms with E-state index in [4.69, 9.17) is 11.3 Å². The van der Waals surface area contributed by atoms with Gasteiger partial charge in [-0.15, -0.1) is 0 Å². The molecule has 0 fully saturated rings. The molecule has 0 aromatic heterocycles. The minimum Gasteiger partial charge on any atom is -0.415 e. The van der Waals surface area contributed by atoms with E-state index in [0.29, 0.717) is 78.3 Å². The van der Waals surface area contributed by atoms with Gasteiger partial charge in [0, 0.05) is 0 Å². The van der Waals surface area contributed by atoms with Crippen molar-refractivity contribution in [3.8, 4) is 0 Å². The average molecular weight is 2850 g/mol. The Kier molecular flexibility index (Phi) is 47.2. The van der Waals surface area contributed by atoms with Crippen LogP contribution in [0.4, 0.5) is 0 Å². The molecule has 0 aliphatic heterocycles. The van der Waals surface area contributed by atoms with Gasteiger partial charge in [-0.2, -0.15) is 447 Å². The molecule has 0 aliphatic carbocycles. The van der Waals surface area contributed by atoms with Crippen molar-refractivity contribution in [1.82, 2.24) is 5.14 Å². The van der Waals surface area contributed by atoms with Gasteiger partial charge in [0.15, 0.2) is 116 Å². The zero-order chi connectivity index (χ0) is 37.1. The number of nitrogens with two attached hydrogens (primary N) is 2. The fraction of sp³-hybridized carbons (Fsp3) is 0. The molecule has 47 heavy (non-hydrogen) atoms. The monoisotopic (exact) mass is 2850 g/mol. The molecule has 5 N–H and O–H groups in total. The van der Waals surface area contributed by atoms with Crippen LogP contribution in [-0.4, -0.2) is 116 Å². The highest BCUT2D eigenvalue weighted by Gasteiger charge is 2.52. The largest absolute Gasteiger partial charge is 0.415 e. The lowest BCUT2D eigenvalue weighted by Crippen LogP contribution is -2.67. The van der Waals surface area contributed by atoms with Gasteiger partial charge in [-0.1, -0.05) is 0 Å². The van der Waals surface area contributed by atoms with Crippen LogP contribution >= 0.6 is 447 Å². The molecule has 0 unspecified atom stereocenters. The zero-order valence-electron chi connectivity index (χ0n) is 23.6. The van der Waals surface area contributed by atoms with Crippen LogP contribution in [0.3, 0.4) is 0 Å². The summed E-state index contributed by atoms with van der Waals surface area (Å²) in [6.07, 6.45) is 0. The van der Waals surface area contributed by atoms with Crippen molar-refractivity contribution in [2.75, 3.05) is 0 Å². The minimum atomic E-state index is 0.180. The quantitative estimate of drug-likeness (QED) is 0.0844. The molecule has 236 valence electrons. The van der Waals surface area contributed by atoms with Crippen molar-refractivity contribution in [3.05, 3.63) is 0 Å². The third kappa shape index (κ3) is 23.3. The number of rotatable bonds is 24. The summed E-state index contributed by atoms with van der Waals surface area (Å²) < 4.78 is 9.88. The second-order valence-electron chi connectivity index (χ2n) is 10.4. The summed E-state index contributed by atoms with van der Waals surface area (Å²) in [5.41, 5.74) is 13.9. The Morgan fingerprint density at radius 1 is 0.298 bits per heavy atom. The zero-order valence-corrected chi connectivity index (χ0v) is 66.7. The van der Waals surface area contributed by atoms with Crippen LogP contribution in [0.25, 0.3) is 0 Å². The van der Waals surface area contributed by atoms with Gasteiger partial charge in [0.1, 0.15) is 0 Å². The van der Waals surface area contributed by atoms with E-state index in [1.165, 1.54) is 10.1 Å². The minimum absolute atomic E-state index is 0.180. The SMILES string of the molecule is NB(B(I)B(I)B(I)B(I)BI)B(I)B(I)B(I)B(I)B(I)BNBB(I)B(I)B(I)B(I)B(I)B(N)B(I)B(I)B(I)B(I)BI. The van der Waals surface area contributed by atoms with E-state index >= 15 is 0 Å². The first-order valence-electron chi connectivity index (χ1n) is 13.5. The van der Waals surface area contributed by atoms with Crippen molar-refractivity contribution in [3.63, 3.8) is 0 Å². The van der Waals surface area contributed by atoms with Crippen LogP contribution in [0.2, 0.25) is 0 Å². The molecule has 0 rings (SSSR count). The van der Waals surface area contributed by atoms with Gasteiger partial charge >= 0.3 is 0 Å². The highest BCUT2D eigenvalue weighted by atomic mass is 127. The van der Waals surface area contributed by atoms with Crippen LogP contribution in [0.1, 0.15) is 0 Å². The molecule has 0 aromatic carbocycles. The highest BCUT2D eigenvalue weighted by molar-refractivity contribution is 14.2. The molecule has 0 saturated heterocycles. The fourth-order valence-electron chi connectivity index (χ4n) is 3.81. The molecule has 0 heterocycles. The van der Waals surface area contributed by atoms with Gasteiger partial charge in [0.25, 0.3) is 0 Å². The summed E-state index contributed by atoms with van der Waals surface area (Å²) in [5.74, 6) is 0. The van der Waals surface area contributed by atoms with Gasteiger partial charge in [-0.05, 0) is 0 Å². The Bertz CT molecular complexity index is 779. The third-order valence-corrected chi connectivity index (χ3v) is 58.6. The molecule has 0 aliphatic rings. The van der Waals surface area contributed by atoms with E-state index in [-0.39, 0.29) is 13.3 Å². The number of halogens is 20. The maximum atomic E-state index is 6.97. The summed E-state index contributed by atoms with van der Waals surface area (Å²) >= 11 is 53.1. The summed E-state index contributed by atoms with van der Waals surface area (Å²) in [6.45, 7) is 0.361. The van der Waals surface area contributed by atoms with E-state index in [0.717, 1.165) is 14.6 Å². The van der Waals surface area contributed by atoms with Crippen LogP contribution < -0.4 is 16.4 Å². The second-order valence-corrected chi connectivity index (χ2v) is 38.7. The summed E-state index contributed by atoms with van der Waals surface area (Å²) in [7, 11) is 2.07. The topological polar surface area (TPSA) is 64.1 Å². The van der Waals surface area contributed by atoms with Crippen molar-refractivity contribution < 1.29 is 0 Å². The molecule has 0 atom stereocenters. The van der Waals surface area contributed by atoms with E-state index in [1.54, 1.807) is 0 Å². The predicted octanol–water partition coefficient (Wildman–Crippen LogP) is 5.83. The summed E-state index contributed by atoms with van der Waals surface area (Å²) in [5, 5.41) is 6.23. The lowest BCUT2D eigenvalue weighted by atomic mass is 8.83. The summed E-state index contributed by atoms with van der Waals surface area (Å²) in [6, 6.07) is 0. The molecule has 0 bridgehead atoms. The van der Waals surface area contributed by atoms with Crippen molar-refractivity contribution in [2.45, 2.75) is 0 Å². The van der Waals surface area contributed by atoms with Gasteiger partial charge in [-0.25, -0.2) is 0 Å². The molecule has 47 heteroatoms. The molecule has 0 spiro atoms. The standard InChI is InChI=1S/B24H9I20N3/c25-1-5(27)9(31)15(37)19(41)23(45)21(43)17(39)13(35)11(33)7(29)3-47-4-8(30)12(34)14(36)18(40)22(44)24(46)20(42)16(38)10(32)6(28)2-26/h1-4,47H,45-46H2. The smallest absolute Gasteiger partial charge is 0.177 e. The van der Waals surface area contributed by atoms with Crippen LogP contribution in [-0.2, 0) is 0 Å². The van der Waals surface area contributed by atoms with Gasteiger partial charge in [0.2, 0.25) is 0 Å². The Morgan fingerprint density at radius 3 is 0.723 bits per heavy atom. The molecule has 0 radical (unpaired) electrons. The summed E-state index contributed by atoms with van der Waals surface area (Å²) in [4.78, 5) is 0. The number of hydrogen-bond acceptors (Lipinski definition) is 3. The first kappa shape index (κ1) is 63.0. The second kappa shape index (κ2) is 35.2. The maximum absolute atomic E-state index is 6.97. The Morgan fingerprint density at radius 2 is 0.489 bits per heavy atom. The average Bonchev–Trinajstić information content (AvgIpc) is 3.08. The molecule has 3 nitrogen and oxygen atoms in total. The van der Waals surface area contributed by atoms with E-state index in [9.17, 15) is 0 Å². The van der Waals surface area contributed by atoms with Gasteiger partial charge < -0.3 is 16.4 Å². The molecular weight excluding hydrogens is 2840 g/mol. The van der Waals surface area contributed by atoms with Crippen molar-refractivity contribution in [1.29, 1.82) is 0 Å². The molecule has 0 amide bonds. The first-order valence-corrected chi connectivity index (χ1v) is 38.9. The number of nitrogens with one attached hydrogen (secondary N) is 1. The fourth-order valence-corrected chi connectivity index (χ4v) is 30.9. The van der Waals surface area contributed by atoms with E-state index in [1.807, 2.05) is 0 Å². The highest BCUT2D eigenvalue weighted by Crippen LogP contribution is 2.28. The number of hydrogen-bond donors (Lipinski definition) is 3. The van der Waals surface area contributed by atoms with Crippen LogP contribution in [0.5, 0.6) is 0 Å². The lowest BCUT2D eigenvalue weighted by molar-refractivity contribution is 1.65. The van der Waals surface area contributed by atoms with Gasteiger partial charge in [0.05, 0.1) is 0 Å². The lowest BCUT2D eigenvalue weighted by Gasteiger charge is -2.27. The van der Waals surface area contributed by atoms with E-state index < -0.39 is 0 Å². The molecule has 0 saturated carbocycles.